The van der Waals surface area contributed by atoms with Crippen LogP contribution >= 0.6 is 27.5 Å². The first-order valence-electron chi connectivity index (χ1n) is 2.13. The topological polar surface area (TPSA) is 19.9 Å². The molecule has 7 heavy (non-hydrogen) atoms. The SMILES string of the molecule is [O]CC1CC1(Cl)Br. The third-order valence-electron chi connectivity index (χ3n) is 1.16. The molecule has 3 heteroatoms. The highest BCUT2D eigenvalue weighted by Gasteiger charge is 2.50. The minimum atomic E-state index is -0.311. The molecule has 0 aromatic carbocycles. The van der Waals surface area contributed by atoms with Crippen molar-refractivity contribution in [1.82, 2.24) is 0 Å². The van der Waals surface area contributed by atoms with Gasteiger partial charge in [-0.2, -0.15) is 0 Å². The summed E-state index contributed by atoms with van der Waals surface area (Å²) in [5.74, 6) is 0.175. The number of hydrogen-bond acceptors (Lipinski definition) is 0. The van der Waals surface area contributed by atoms with Gasteiger partial charge >= 0.3 is 0 Å². The van der Waals surface area contributed by atoms with Crippen LogP contribution in [0.5, 0.6) is 0 Å². The van der Waals surface area contributed by atoms with E-state index < -0.39 is 0 Å². The molecule has 0 saturated heterocycles. The lowest BCUT2D eigenvalue weighted by molar-refractivity contribution is 0.179. The Balaban J connectivity index is 2.30. The number of alkyl halides is 2. The van der Waals surface area contributed by atoms with Gasteiger partial charge in [-0.15, -0.1) is 11.6 Å². The molecule has 1 saturated carbocycles. The molecule has 0 aliphatic heterocycles. The molecule has 1 aliphatic carbocycles. The van der Waals surface area contributed by atoms with Gasteiger partial charge in [0.05, 0.1) is 6.61 Å². The van der Waals surface area contributed by atoms with Gasteiger partial charge < -0.3 is 0 Å². The van der Waals surface area contributed by atoms with Crippen molar-refractivity contribution >= 4 is 27.5 Å². The predicted octanol–water partition coefficient (Wildman–Crippen LogP) is 1.77. The van der Waals surface area contributed by atoms with E-state index >= 15 is 0 Å². The van der Waals surface area contributed by atoms with Crippen molar-refractivity contribution in [3.8, 4) is 0 Å². The maximum absolute atomic E-state index is 9.99. The first-order valence-corrected chi connectivity index (χ1v) is 3.30. The first-order chi connectivity index (χ1) is 3.17. The van der Waals surface area contributed by atoms with Crippen LogP contribution in [0.15, 0.2) is 0 Å². The van der Waals surface area contributed by atoms with E-state index in [1.165, 1.54) is 0 Å². The Hall–Kier alpha value is 0.730. The number of hydrogen-bond donors (Lipinski definition) is 0. The van der Waals surface area contributed by atoms with Crippen molar-refractivity contribution in [3.05, 3.63) is 0 Å². The average molecular weight is 184 g/mol. The molecule has 1 fully saturated rings. The molecular weight excluding hydrogens is 179 g/mol. The molecular formula is C4H5BrClO. The van der Waals surface area contributed by atoms with Gasteiger partial charge in [0, 0.05) is 5.92 Å². The second-order valence-corrected chi connectivity index (χ2v) is 4.37. The zero-order valence-corrected chi connectivity index (χ0v) is 6.00. The Kier molecular flexibility index (Phi) is 1.34. The molecule has 1 nitrogen and oxygen atoms in total. The van der Waals surface area contributed by atoms with E-state index in [1.54, 1.807) is 0 Å². The van der Waals surface area contributed by atoms with E-state index in [0.717, 1.165) is 6.42 Å². The molecule has 0 spiro atoms. The average Bonchev–Trinajstić information content (AvgIpc) is 2.13. The quantitative estimate of drug-likeness (QED) is 0.554. The Morgan fingerprint density at radius 1 is 2.00 bits per heavy atom. The molecule has 2 atom stereocenters. The van der Waals surface area contributed by atoms with Crippen molar-refractivity contribution in [1.29, 1.82) is 0 Å². The lowest BCUT2D eigenvalue weighted by Gasteiger charge is -1.88. The molecule has 0 aromatic heterocycles. The fourth-order valence-electron chi connectivity index (χ4n) is 0.450. The molecule has 1 radical (unpaired) electrons. The minimum absolute atomic E-state index is 0.0469. The lowest BCUT2D eigenvalue weighted by atomic mass is 10.5. The molecule has 41 valence electrons. The van der Waals surface area contributed by atoms with Gasteiger partial charge in [-0.1, -0.05) is 15.9 Å². The summed E-state index contributed by atoms with van der Waals surface area (Å²) in [6.07, 6.45) is 0.831. The van der Waals surface area contributed by atoms with Crippen LogP contribution in [0.2, 0.25) is 0 Å². The monoisotopic (exact) mass is 183 g/mol. The van der Waals surface area contributed by atoms with E-state index in [4.69, 9.17) is 11.6 Å². The smallest absolute Gasteiger partial charge is 0.105 e. The molecule has 0 amide bonds. The van der Waals surface area contributed by atoms with Crippen molar-refractivity contribution in [3.63, 3.8) is 0 Å². The summed E-state index contributed by atoms with van der Waals surface area (Å²) in [7, 11) is 0. The van der Waals surface area contributed by atoms with Gasteiger partial charge in [-0.25, -0.2) is 5.11 Å². The third-order valence-corrected chi connectivity index (χ3v) is 2.59. The van der Waals surface area contributed by atoms with Crippen LogP contribution in [0.3, 0.4) is 0 Å². The Morgan fingerprint density at radius 3 is 2.43 bits per heavy atom. The van der Waals surface area contributed by atoms with Crippen molar-refractivity contribution in [2.45, 2.75) is 10.2 Å². The lowest BCUT2D eigenvalue weighted by Crippen LogP contribution is -1.91. The second kappa shape index (κ2) is 1.61. The van der Waals surface area contributed by atoms with Crippen LogP contribution < -0.4 is 0 Å². The summed E-state index contributed by atoms with van der Waals surface area (Å²) < 4.78 is -0.311. The molecule has 2 unspecified atom stereocenters. The van der Waals surface area contributed by atoms with Gasteiger partial charge in [0.1, 0.15) is 3.78 Å². The van der Waals surface area contributed by atoms with E-state index in [0.29, 0.717) is 0 Å². The van der Waals surface area contributed by atoms with Crippen LogP contribution in [0.4, 0.5) is 0 Å². The van der Waals surface area contributed by atoms with Gasteiger partial charge in [-0.05, 0) is 6.42 Å². The van der Waals surface area contributed by atoms with Crippen LogP contribution in [-0.4, -0.2) is 10.4 Å². The molecule has 0 N–H and O–H groups in total. The largest absolute Gasteiger partial charge is 0.236 e. The molecule has 1 rings (SSSR count). The zero-order chi connectivity index (χ0) is 5.49. The fraction of sp³-hybridized carbons (Fsp3) is 1.00. The summed E-state index contributed by atoms with van der Waals surface area (Å²) in [5, 5.41) is 9.99. The van der Waals surface area contributed by atoms with Crippen molar-refractivity contribution in [2.75, 3.05) is 6.61 Å². The summed E-state index contributed by atoms with van der Waals surface area (Å²) in [6.45, 7) is -0.0469. The molecule has 0 aromatic rings. The fourth-order valence-corrected chi connectivity index (χ4v) is 1.22. The maximum atomic E-state index is 9.99. The summed E-state index contributed by atoms with van der Waals surface area (Å²) in [6, 6.07) is 0. The molecule has 1 aliphatic rings. The second-order valence-electron chi connectivity index (χ2n) is 1.83. The summed E-state index contributed by atoms with van der Waals surface area (Å²) in [5.41, 5.74) is 0. The summed E-state index contributed by atoms with van der Waals surface area (Å²) >= 11 is 8.80. The van der Waals surface area contributed by atoms with E-state index in [-0.39, 0.29) is 16.3 Å². The minimum Gasteiger partial charge on any atom is -0.236 e. The van der Waals surface area contributed by atoms with Crippen LogP contribution in [0.25, 0.3) is 0 Å². The number of rotatable bonds is 1. The predicted molar refractivity (Wildman–Crippen MR) is 31.2 cm³/mol. The van der Waals surface area contributed by atoms with Gasteiger partial charge in [0.15, 0.2) is 0 Å². The van der Waals surface area contributed by atoms with Gasteiger partial charge in [-0.3, -0.25) is 0 Å². The van der Waals surface area contributed by atoms with E-state index in [2.05, 4.69) is 15.9 Å². The van der Waals surface area contributed by atoms with Crippen molar-refractivity contribution < 1.29 is 5.11 Å². The Labute approximate surface area is 55.8 Å². The Morgan fingerprint density at radius 2 is 2.43 bits per heavy atom. The zero-order valence-electron chi connectivity index (χ0n) is 3.66. The highest BCUT2D eigenvalue weighted by Crippen LogP contribution is 2.54. The van der Waals surface area contributed by atoms with Crippen LogP contribution in [0, 0.1) is 5.92 Å². The van der Waals surface area contributed by atoms with Gasteiger partial charge in [0.25, 0.3) is 0 Å². The van der Waals surface area contributed by atoms with Gasteiger partial charge in [0.2, 0.25) is 0 Å². The van der Waals surface area contributed by atoms with E-state index in [1.807, 2.05) is 0 Å². The molecule has 0 bridgehead atoms. The van der Waals surface area contributed by atoms with Crippen molar-refractivity contribution in [2.24, 2.45) is 5.92 Å². The highest BCUT2D eigenvalue weighted by molar-refractivity contribution is 9.10. The van der Waals surface area contributed by atoms with E-state index in [9.17, 15) is 5.11 Å². The summed E-state index contributed by atoms with van der Waals surface area (Å²) in [4.78, 5) is 0. The van der Waals surface area contributed by atoms with Crippen LogP contribution in [0.1, 0.15) is 6.42 Å². The normalized spacial score (nSPS) is 49.3. The third kappa shape index (κ3) is 1.09. The maximum Gasteiger partial charge on any atom is 0.105 e. The number of halogens is 2. The first kappa shape index (κ1) is 5.86. The Bertz CT molecular complexity index is 83.8. The molecule has 0 heterocycles. The van der Waals surface area contributed by atoms with Crippen LogP contribution in [-0.2, 0) is 5.11 Å². The highest BCUT2D eigenvalue weighted by atomic mass is 79.9. The standard InChI is InChI=1S/C4H5BrClO/c5-4(6)1-3(4)2-7/h3H,1-2H2.